The van der Waals surface area contributed by atoms with Gasteiger partial charge in [0.1, 0.15) is 0 Å². The van der Waals surface area contributed by atoms with Crippen molar-refractivity contribution >= 4 is 23.5 Å². The van der Waals surface area contributed by atoms with Crippen LogP contribution in [0.5, 0.6) is 0 Å². The minimum atomic E-state index is 0.502. The molecular weight excluding hydrogens is 328 g/mol. The number of hydrogen-bond acceptors (Lipinski definition) is 2. The van der Waals surface area contributed by atoms with Crippen LogP contribution in [0.25, 0.3) is 12.2 Å². The van der Waals surface area contributed by atoms with E-state index in [9.17, 15) is 0 Å². The highest BCUT2D eigenvalue weighted by Crippen LogP contribution is 2.48. The summed E-state index contributed by atoms with van der Waals surface area (Å²) in [6.07, 6.45) is 5.91. The van der Waals surface area contributed by atoms with Crippen LogP contribution in [0, 0.1) is 0 Å². The van der Waals surface area contributed by atoms with Crippen molar-refractivity contribution < 1.29 is 0 Å². The van der Waals surface area contributed by atoms with Gasteiger partial charge in [-0.3, -0.25) is 0 Å². The second-order valence-electron chi connectivity index (χ2n) is 8.53. The number of fused-ring (bicyclic) bond motifs is 2. The summed E-state index contributed by atoms with van der Waals surface area (Å²) in [5, 5.41) is 0. The second kappa shape index (κ2) is 6.60. The lowest BCUT2D eigenvalue weighted by Crippen LogP contribution is -2.11. The fourth-order valence-corrected chi connectivity index (χ4v) is 4.59. The van der Waals surface area contributed by atoms with Crippen LogP contribution in [-0.2, 0) is 0 Å². The van der Waals surface area contributed by atoms with Gasteiger partial charge in [0.25, 0.3) is 0 Å². The molecular formula is C25H30N2. The van der Waals surface area contributed by atoms with E-state index in [4.69, 9.17) is 0 Å². The van der Waals surface area contributed by atoms with Crippen molar-refractivity contribution in [1.82, 2.24) is 0 Å². The predicted octanol–water partition coefficient (Wildman–Crippen LogP) is 5.91. The van der Waals surface area contributed by atoms with Crippen molar-refractivity contribution in [2.45, 2.75) is 32.1 Å². The van der Waals surface area contributed by atoms with Crippen LogP contribution >= 0.6 is 0 Å². The summed E-state index contributed by atoms with van der Waals surface area (Å²) in [4.78, 5) is 4.40. The Labute approximate surface area is 163 Å². The molecule has 2 unspecified atom stereocenters. The highest BCUT2D eigenvalue weighted by atomic mass is 15.1. The van der Waals surface area contributed by atoms with Gasteiger partial charge in [0.15, 0.2) is 0 Å². The number of benzene rings is 2. The molecule has 4 rings (SSSR count). The lowest BCUT2D eigenvalue weighted by Gasteiger charge is -2.24. The molecule has 140 valence electrons. The van der Waals surface area contributed by atoms with Gasteiger partial charge in [0.05, 0.1) is 0 Å². The molecule has 2 aliphatic carbocycles. The van der Waals surface area contributed by atoms with E-state index in [2.05, 4.69) is 100 Å². The Kier molecular flexibility index (Phi) is 4.38. The van der Waals surface area contributed by atoms with Crippen molar-refractivity contribution in [3.05, 3.63) is 69.8 Å². The van der Waals surface area contributed by atoms with E-state index in [1.165, 1.54) is 44.8 Å². The lowest BCUT2D eigenvalue weighted by molar-refractivity contribution is 0.642. The summed E-state index contributed by atoms with van der Waals surface area (Å²) in [6, 6.07) is 13.8. The lowest BCUT2D eigenvalue weighted by atomic mass is 9.82. The topological polar surface area (TPSA) is 6.48 Å². The molecule has 0 saturated heterocycles. The first kappa shape index (κ1) is 17.9. The zero-order valence-electron chi connectivity index (χ0n) is 17.4. The summed E-state index contributed by atoms with van der Waals surface area (Å²) >= 11 is 0. The maximum absolute atomic E-state index is 2.39. The molecule has 0 saturated carbocycles. The minimum Gasteiger partial charge on any atom is -0.378 e. The fraction of sp³-hybridized carbons (Fsp3) is 0.360. The molecule has 0 bridgehead atoms. The van der Waals surface area contributed by atoms with E-state index in [0.717, 1.165) is 6.42 Å². The highest BCUT2D eigenvalue weighted by Gasteiger charge is 2.30. The summed E-state index contributed by atoms with van der Waals surface area (Å²) in [5.74, 6) is 1.00. The normalized spacial score (nSPS) is 20.1. The first-order valence-corrected chi connectivity index (χ1v) is 9.84. The molecule has 27 heavy (non-hydrogen) atoms. The van der Waals surface area contributed by atoms with E-state index in [0.29, 0.717) is 11.8 Å². The Morgan fingerprint density at radius 2 is 1.07 bits per heavy atom. The van der Waals surface area contributed by atoms with Crippen LogP contribution in [-0.4, -0.2) is 28.2 Å². The van der Waals surface area contributed by atoms with Crippen molar-refractivity contribution in [2.75, 3.05) is 38.0 Å². The van der Waals surface area contributed by atoms with Gasteiger partial charge in [-0.1, -0.05) is 35.4 Å². The Morgan fingerprint density at radius 1 is 0.667 bits per heavy atom. The van der Waals surface area contributed by atoms with Crippen LogP contribution in [0.2, 0.25) is 0 Å². The number of nitrogens with zero attached hydrogens (tertiary/aromatic N) is 2. The van der Waals surface area contributed by atoms with Crippen LogP contribution in [0.1, 0.15) is 54.4 Å². The van der Waals surface area contributed by atoms with E-state index < -0.39 is 0 Å². The summed E-state index contributed by atoms with van der Waals surface area (Å²) in [5.41, 5.74) is 11.3. The number of hydrogen-bond donors (Lipinski definition) is 0. The monoisotopic (exact) mass is 358 g/mol. The quantitative estimate of drug-likeness (QED) is 0.670. The van der Waals surface area contributed by atoms with Gasteiger partial charge < -0.3 is 9.80 Å². The molecule has 0 fully saturated rings. The maximum atomic E-state index is 2.39. The third-order valence-corrected chi connectivity index (χ3v) is 6.26. The van der Waals surface area contributed by atoms with Crippen LogP contribution in [0.15, 0.2) is 47.5 Å². The Morgan fingerprint density at radius 3 is 1.44 bits per heavy atom. The number of rotatable bonds is 4. The molecule has 2 nitrogen and oxygen atoms in total. The smallest absolute Gasteiger partial charge is 0.0364 e. The van der Waals surface area contributed by atoms with E-state index >= 15 is 0 Å². The largest absolute Gasteiger partial charge is 0.378 e. The van der Waals surface area contributed by atoms with Gasteiger partial charge in [-0.25, -0.2) is 0 Å². The molecule has 2 heteroatoms. The van der Waals surface area contributed by atoms with Crippen molar-refractivity contribution in [3.8, 4) is 0 Å². The summed E-state index contributed by atoms with van der Waals surface area (Å²) < 4.78 is 0. The zero-order valence-corrected chi connectivity index (χ0v) is 17.4. The molecule has 2 aromatic carbocycles. The fourth-order valence-electron chi connectivity index (χ4n) is 4.59. The van der Waals surface area contributed by atoms with Crippen LogP contribution < -0.4 is 9.80 Å². The number of allylic oxidation sites excluding steroid dienone is 2. The van der Waals surface area contributed by atoms with Gasteiger partial charge in [-0.2, -0.15) is 0 Å². The molecule has 0 radical (unpaired) electrons. The molecule has 0 N–H and O–H groups in total. The second-order valence-corrected chi connectivity index (χ2v) is 8.53. The van der Waals surface area contributed by atoms with Gasteiger partial charge in [-0.05, 0) is 66.8 Å². The van der Waals surface area contributed by atoms with Crippen molar-refractivity contribution in [1.29, 1.82) is 0 Å². The average molecular weight is 359 g/mol. The standard InChI is InChI=1S/C25H30N2/c1-16-11-18-7-9-20(26(3)4)13-24(18)22(16)15-23-17(2)12-19-8-10-21(27(5)6)14-25(19)23/h7-14,22-23H,15H2,1-6H3. The molecule has 2 aromatic rings. The van der Waals surface area contributed by atoms with E-state index in [1.54, 1.807) is 0 Å². The van der Waals surface area contributed by atoms with Crippen molar-refractivity contribution in [3.63, 3.8) is 0 Å². The Balaban J connectivity index is 1.69. The molecule has 0 heterocycles. The van der Waals surface area contributed by atoms with E-state index in [1.807, 2.05) is 0 Å². The zero-order chi connectivity index (χ0) is 19.3. The Hall–Kier alpha value is -2.48. The summed E-state index contributed by atoms with van der Waals surface area (Å²) in [7, 11) is 8.48. The van der Waals surface area contributed by atoms with Crippen LogP contribution in [0.3, 0.4) is 0 Å². The van der Waals surface area contributed by atoms with Gasteiger partial charge in [0, 0.05) is 51.4 Å². The SMILES string of the molecule is CC1=Cc2ccc(N(C)C)cc2C1CC1C(C)=Cc2ccc(N(C)C)cc21. The molecule has 0 aliphatic heterocycles. The molecule has 0 spiro atoms. The minimum absolute atomic E-state index is 0.502. The first-order chi connectivity index (χ1) is 12.8. The van der Waals surface area contributed by atoms with Gasteiger partial charge in [-0.15, -0.1) is 0 Å². The maximum Gasteiger partial charge on any atom is 0.0364 e. The van der Waals surface area contributed by atoms with Crippen LogP contribution in [0.4, 0.5) is 11.4 Å². The third-order valence-electron chi connectivity index (χ3n) is 6.26. The summed E-state index contributed by atoms with van der Waals surface area (Å²) in [6.45, 7) is 4.59. The molecule has 2 atom stereocenters. The third kappa shape index (κ3) is 3.07. The van der Waals surface area contributed by atoms with Gasteiger partial charge in [0.2, 0.25) is 0 Å². The molecule has 0 aromatic heterocycles. The molecule has 0 amide bonds. The Bertz CT molecular complexity index is 869. The van der Waals surface area contributed by atoms with Gasteiger partial charge >= 0.3 is 0 Å². The predicted molar refractivity (Wildman–Crippen MR) is 119 cm³/mol. The van der Waals surface area contributed by atoms with Crippen molar-refractivity contribution in [2.24, 2.45) is 0 Å². The number of anilines is 2. The highest BCUT2D eigenvalue weighted by molar-refractivity contribution is 5.72. The van der Waals surface area contributed by atoms with E-state index in [-0.39, 0.29) is 0 Å². The average Bonchev–Trinajstić information content (AvgIpc) is 3.10. The molecule has 2 aliphatic rings. The first-order valence-electron chi connectivity index (χ1n) is 9.84.